The molecule has 1 fully saturated rings. The van der Waals surface area contributed by atoms with Crippen LogP contribution in [-0.2, 0) is 0 Å². The Kier molecular flexibility index (Phi) is 5.33. The van der Waals surface area contributed by atoms with Crippen LogP contribution in [0.15, 0.2) is 24.3 Å². The highest BCUT2D eigenvalue weighted by Crippen LogP contribution is 2.13. The number of carbonyl (C=O) groups is 2. The van der Waals surface area contributed by atoms with Crippen molar-refractivity contribution in [2.75, 3.05) is 40.3 Å². The van der Waals surface area contributed by atoms with Gasteiger partial charge in [0.25, 0.3) is 11.8 Å². The van der Waals surface area contributed by atoms with Crippen LogP contribution in [0.1, 0.15) is 33.6 Å². The molecule has 0 saturated carbocycles. The van der Waals surface area contributed by atoms with E-state index in [0.29, 0.717) is 17.7 Å². The molecule has 1 aliphatic heterocycles. The molecule has 1 aromatic carbocycles. The average molecular weight is 289 g/mol. The molecular formula is C16H23N3O2. The summed E-state index contributed by atoms with van der Waals surface area (Å²) in [7, 11) is 3.93. The lowest BCUT2D eigenvalue weighted by atomic mass is 10.1. The minimum atomic E-state index is -0.1000. The summed E-state index contributed by atoms with van der Waals surface area (Å²) in [6.45, 7) is 3.09. The van der Waals surface area contributed by atoms with Gasteiger partial charge in [0.15, 0.2) is 0 Å². The van der Waals surface area contributed by atoms with Crippen LogP contribution in [0.2, 0.25) is 0 Å². The molecule has 5 heteroatoms. The second-order valence-electron chi connectivity index (χ2n) is 5.64. The Morgan fingerprint density at radius 2 is 1.67 bits per heavy atom. The third kappa shape index (κ3) is 4.29. The molecule has 1 aliphatic rings. The highest BCUT2D eigenvalue weighted by atomic mass is 16.2. The van der Waals surface area contributed by atoms with Crippen LogP contribution in [0.4, 0.5) is 0 Å². The third-order valence-electron chi connectivity index (χ3n) is 3.63. The van der Waals surface area contributed by atoms with Crippen molar-refractivity contribution in [1.82, 2.24) is 15.1 Å². The molecule has 0 atom stereocenters. The first-order valence-corrected chi connectivity index (χ1v) is 7.40. The maximum Gasteiger partial charge on any atom is 0.253 e. The van der Waals surface area contributed by atoms with Gasteiger partial charge in [-0.1, -0.05) is 0 Å². The summed E-state index contributed by atoms with van der Waals surface area (Å²) in [6, 6.07) is 6.91. The Bertz CT molecular complexity index is 491. The molecule has 0 bridgehead atoms. The molecule has 114 valence electrons. The molecule has 0 unspecified atom stereocenters. The quantitative estimate of drug-likeness (QED) is 0.886. The molecule has 5 nitrogen and oxygen atoms in total. The van der Waals surface area contributed by atoms with Gasteiger partial charge in [-0.15, -0.1) is 0 Å². The summed E-state index contributed by atoms with van der Waals surface area (Å²) in [5, 5.41) is 2.86. The van der Waals surface area contributed by atoms with Gasteiger partial charge in [0, 0.05) is 37.3 Å². The van der Waals surface area contributed by atoms with Gasteiger partial charge < -0.3 is 15.1 Å². The van der Waals surface area contributed by atoms with Gasteiger partial charge in [-0.2, -0.15) is 0 Å². The summed E-state index contributed by atoms with van der Waals surface area (Å²) in [6.07, 6.45) is 2.16. The second kappa shape index (κ2) is 7.22. The van der Waals surface area contributed by atoms with Crippen LogP contribution >= 0.6 is 0 Å². The van der Waals surface area contributed by atoms with E-state index in [4.69, 9.17) is 0 Å². The number of carbonyl (C=O) groups excluding carboxylic acids is 2. The fourth-order valence-corrected chi connectivity index (χ4v) is 2.36. The molecule has 1 heterocycles. The number of likely N-dealkylation sites (N-methyl/N-ethyl adjacent to an activating group) is 1. The smallest absolute Gasteiger partial charge is 0.253 e. The number of benzene rings is 1. The van der Waals surface area contributed by atoms with Crippen molar-refractivity contribution >= 4 is 11.8 Å². The Balaban J connectivity index is 1.91. The SMILES string of the molecule is CN(C)CCNC(=O)c1ccc(C(=O)N2CCCC2)cc1. The van der Waals surface area contributed by atoms with Gasteiger partial charge in [0.2, 0.25) is 0 Å². The van der Waals surface area contributed by atoms with Gasteiger partial charge in [-0.3, -0.25) is 9.59 Å². The zero-order chi connectivity index (χ0) is 15.2. The van der Waals surface area contributed by atoms with Crippen LogP contribution in [0.3, 0.4) is 0 Å². The van der Waals surface area contributed by atoms with E-state index in [1.54, 1.807) is 24.3 Å². The van der Waals surface area contributed by atoms with Gasteiger partial charge in [-0.25, -0.2) is 0 Å². The molecule has 1 aromatic rings. The Morgan fingerprint density at radius 1 is 1.10 bits per heavy atom. The largest absolute Gasteiger partial charge is 0.351 e. The molecule has 1 N–H and O–H groups in total. The molecule has 0 aromatic heterocycles. The van der Waals surface area contributed by atoms with Gasteiger partial charge in [-0.05, 0) is 51.2 Å². The van der Waals surface area contributed by atoms with Crippen molar-refractivity contribution < 1.29 is 9.59 Å². The number of amides is 2. The molecule has 0 spiro atoms. The van der Waals surface area contributed by atoms with E-state index in [2.05, 4.69) is 5.32 Å². The number of nitrogens with one attached hydrogen (secondary N) is 1. The van der Waals surface area contributed by atoms with Gasteiger partial charge in [0.1, 0.15) is 0 Å². The zero-order valence-corrected chi connectivity index (χ0v) is 12.8. The topological polar surface area (TPSA) is 52.7 Å². The predicted octanol–water partition coefficient (Wildman–Crippen LogP) is 1.21. The van der Waals surface area contributed by atoms with Crippen molar-refractivity contribution in [2.45, 2.75) is 12.8 Å². The molecule has 0 aliphatic carbocycles. The van der Waals surface area contributed by atoms with E-state index in [0.717, 1.165) is 32.5 Å². The van der Waals surface area contributed by atoms with E-state index in [1.165, 1.54) is 0 Å². The van der Waals surface area contributed by atoms with Crippen LogP contribution in [0, 0.1) is 0 Å². The number of rotatable bonds is 5. The first-order valence-electron chi connectivity index (χ1n) is 7.40. The Morgan fingerprint density at radius 3 is 2.24 bits per heavy atom. The predicted molar refractivity (Wildman–Crippen MR) is 82.5 cm³/mol. The zero-order valence-electron chi connectivity index (χ0n) is 12.8. The maximum atomic E-state index is 12.2. The van der Waals surface area contributed by atoms with Gasteiger partial charge >= 0.3 is 0 Å². The van der Waals surface area contributed by atoms with Crippen molar-refractivity contribution in [1.29, 1.82) is 0 Å². The number of nitrogens with zero attached hydrogens (tertiary/aromatic N) is 2. The lowest BCUT2D eigenvalue weighted by molar-refractivity contribution is 0.0792. The molecule has 2 rings (SSSR count). The fraction of sp³-hybridized carbons (Fsp3) is 0.500. The first-order chi connectivity index (χ1) is 10.1. The third-order valence-corrected chi connectivity index (χ3v) is 3.63. The fourth-order valence-electron chi connectivity index (χ4n) is 2.36. The van der Waals surface area contributed by atoms with E-state index in [-0.39, 0.29) is 11.8 Å². The Labute approximate surface area is 125 Å². The average Bonchev–Trinajstić information content (AvgIpc) is 3.00. The first kappa shape index (κ1) is 15.5. The van der Waals surface area contributed by atoms with Crippen molar-refractivity contribution in [2.24, 2.45) is 0 Å². The van der Waals surface area contributed by atoms with E-state index < -0.39 is 0 Å². The number of likely N-dealkylation sites (tertiary alicyclic amines) is 1. The van der Waals surface area contributed by atoms with Gasteiger partial charge in [0.05, 0.1) is 0 Å². The Hall–Kier alpha value is -1.88. The van der Waals surface area contributed by atoms with E-state index in [1.807, 2.05) is 23.9 Å². The molecule has 21 heavy (non-hydrogen) atoms. The summed E-state index contributed by atoms with van der Waals surface area (Å²) in [5.41, 5.74) is 1.24. The number of hydrogen-bond acceptors (Lipinski definition) is 3. The monoisotopic (exact) mass is 289 g/mol. The normalized spacial score (nSPS) is 14.5. The van der Waals surface area contributed by atoms with E-state index >= 15 is 0 Å². The summed E-state index contributed by atoms with van der Waals surface area (Å²) >= 11 is 0. The summed E-state index contributed by atoms with van der Waals surface area (Å²) in [4.78, 5) is 28.0. The summed E-state index contributed by atoms with van der Waals surface area (Å²) < 4.78 is 0. The van der Waals surface area contributed by atoms with E-state index in [9.17, 15) is 9.59 Å². The van der Waals surface area contributed by atoms with Crippen molar-refractivity contribution in [3.63, 3.8) is 0 Å². The minimum absolute atomic E-state index is 0.0621. The highest BCUT2D eigenvalue weighted by Gasteiger charge is 2.19. The standard InChI is InChI=1S/C16H23N3O2/c1-18(2)12-9-17-15(20)13-5-7-14(8-6-13)16(21)19-10-3-4-11-19/h5-8H,3-4,9-12H2,1-2H3,(H,17,20). The van der Waals surface area contributed by atoms with Crippen molar-refractivity contribution in [3.05, 3.63) is 35.4 Å². The molecule has 2 amide bonds. The lowest BCUT2D eigenvalue weighted by Gasteiger charge is -2.15. The lowest BCUT2D eigenvalue weighted by Crippen LogP contribution is -2.31. The van der Waals surface area contributed by atoms with Crippen LogP contribution in [0.25, 0.3) is 0 Å². The van der Waals surface area contributed by atoms with Crippen LogP contribution in [0.5, 0.6) is 0 Å². The second-order valence-corrected chi connectivity index (χ2v) is 5.64. The number of hydrogen-bond donors (Lipinski definition) is 1. The van der Waals surface area contributed by atoms with Crippen LogP contribution < -0.4 is 5.32 Å². The minimum Gasteiger partial charge on any atom is -0.351 e. The van der Waals surface area contributed by atoms with Crippen molar-refractivity contribution in [3.8, 4) is 0 Å². The summed E-state index contributed by atoms with van der Waals surface area (Å²) in [5.74, 6) is -0.0379. The molecule has 1 saturated heterocycles. The molecular weight excluding hydrogens is 266 g/mol. The highest BCUT2D eigenvalue weighted by molar-refractivity contribution is 5.97. The van der Waals surface area contributed by atoms with Crippen LogP contribution in [-0.4, -0.2) is 61.9 Å². The maximum absolute atomic E-state index is 12.2. The molecule has 0 radical (unpaired) electrons.